The Labute approximate surface area is 134 Å². The lowest BCUT2D eigenvalue weighted by atomic mass is 9.92. The highest BCUT2D eigenvalue weighted by atomic mass is 19.2. The molecule has 0 spiro atoms. The van der Waals surface area contributed by atoms with Gasteiger partial charge in [-0.15, -0.1) is 0 Å². The maximum Gasteiger partial charge on any atom is 0.227 e. The molecule has 0 unspecified atom stereocenters. The van der Waals surface area contributed by atoms with Crippen molar-refractivity contribution in [3.05, 3.63) is 35.4 Å². The van der Waals surface area contributed by atoms with Crippen LogP contribution in [0.3, 0.4) is 0 Å². The number of benzene rings is 1. The second-order valence-electron chi connectivity index (χ2n) is 6.55. The van der Waals surface area contributed by atoms with Crippen molar-refractivity contribution in [2.24, 2.45) is 11.3 Å². The van der Waals surface area contributed by atoms with Crippen molar-refractivity contribution in [3.63, 3.8) is 0 Å². The summed E-state index contributed by atoms with van der Waals surface area (Å²) in [7, 11) is 0. The summed E-state index contributed by atoms with van der Waals surface area (Å²) in [5, 5.41) is 5.46. The standard InChI is InChI=1S/C17H22F2N2O2/c1-4-20-16(23)17(2,3)9-21-15(22)12-8-11(12)10-6-5-7-13(18)14(10)19/h5-7,11-12H,4,8-9H2,1-3H3,(H,20,23)(H,21,22)/t11-,12+/m0/s1. The second kappa shape index (κ2) is 6.64. The zero-order valence-corrected chi connectivity index (χ0v) is 13.6. The number of carbonyl (C=O) groups is 2. The minimum atomic E-state index is -0.897. The average molecular weight is 324 g/mol. The predicted octanol–water partition coefficient (Wildman–Crippen LogP) is 2.35. The van der Waals surface area contributed by atoms with Gasteiger partial charge in [-0.05, 0) is 44.7 Å². The van der Waals surface area contributed by atoms with Gasteiger partial charge in [0.05, 0.1) is 5.41 Å². The highest BCUT2D eigenvalue weighted by Crippen LogP contribution is 2.48. The molecule has 0 aromatic heterocycles. The highest BCUT2D eigenvalue weighted by molar-refractivity contribution is 5.85. The first-order valence-corrected chi connectivity index (χ1v) is 7.78. The third-order valence-corrected chi connectivity index (χ3v) is 4.16. The summed E-state index contributed by atoms with van der Waals surface area (Å²) < 4.78 is 27.0. The van der Waals surface area contributed by atoms with Gasteiger partial charge < -0.3 is 10.6 Å². The van der Waals surface area contributed by atoms with Crippen molar-refractivity contribution in [1.82, 2.24) is 10.6 Å². The van der Waals surface area contributed by atoms with Gasteiger partial charge in [-0.3, -0.25) is 9.59 Å². The topological polar surface area (TPSA) is 58.2 Å². The van der Waals surface area contributed by atoms with Gasteiger partial charge in [0.2, 0.25) is 11.8 Å². The lowest BCUT2D eigenvalue weighted by Crippen LogP contribution is -2.45. The van der Waals surface area contributed by atoms with Crippen molar-refractivity contribution in [1.29, 1.82) is 0 Å². The van der Waals surface area contributed by atoms with Crippen LogP contribution in [0.2, 0.25) is 0 Å². The lowest BCUT2D eigenvalue weighted by molar-refractivity contribution is -0.130. The molecule has 6 heteroatoms. The monoisotopic (exact) mass is 324 g/mol. The minimum absolute atomic E-state index is 0.135. The number of hydrogen-bond donors (Lipinski definition) is 2. The number of nitrogens with one attached hydrogen (secondary N) is 2. The van der Waals surface area contributed by atoms with Gasteiger partial charge in [-0.1, -0.05) is 12.1 Å². The number of halogens is 2. The van der Waals surface area contributed by atoms with Gasteiger partial charge in [-0.2, -0.15) is 0 Å². The van der Waals surface area contributed by atoms with Crippen LogP contribution in [-0.2, 0) is 9.59 Å². The molecule has 2 atom stereocenters. The van der Waals surface area contributed by atoms with E-state index in [1.54, 1.807) is 13.8 Å². The normalized spacial score (nSPS) is 20.0. The summed E-state index contributed by atoms with van der Waals surface area (Å²) in [5.74, 6) is -2.80. The first kappa shape index (κ1) is 17.4. The smallest absolute Gasteiger partial charge is 0.227 e. The summed E-state index contributed by atoms with van der Waals surface area (Å²) in [6, 6.07) is 4.01. The Morgan fingerprint density at radius 2 is 1.96 bits per heavy atom. The van der Waals surface area contributed by atoms with Crippen molar-refractivity contribution < 1.29 is 18.4 Å². The molecule has 23 heavy (non-hydrogen) atoms. The first-order valence-electron chi connectivity index (χ1n) is 7.78. The zero-order valence-electron chi connectivity index (χ0n) is 13.6. The molecule has 2 rings (SSSR count). The minimum Gasteiger partial charge on any atom is -0.356 e. The molecule has 0 aliphatic heterocycles. The Kier molecular flexibility index (Phi) is 5.02. The van der Waals surface area contributed by atoms with Crippen molar-refractivity contribution in [2.45, 2.75) is 33.1 Å². The van der Waals surface area contributed by atoms with Crippen LogP contribution in [0.4, 0.5) is 8.78 Å². The van der Waals surface area contributed by atoms with Gasteiger partial charge in [0.1, 0.15) is 0 Å². The van der Waals surface area contributed by atoms with E-state index in [-0.39, 0.29) is 35.8 Å². The molecule has 2 amide bonds. The van der Waals surface area contributed by atoms with E-state index in [1.807, 2.05) is 6.92 Å². The Morgan fingerprint density at radius 3 is 2.61 bits per heavy atom. The Morgan fingerprint density at radius 1 is 1.26 bits per heavy atom. The molecule has 1 aliphatic carbocycles. The zero-order chi connectivity index (χ0) is 17.2. The van der Waals surface area contributed by atoms with Gasteiger partial charge in [0.15, 0.2) is 11.6 Å². The summed E-state index contributed by atoms with van der Waals surface area (Å²) in [6.07, 6.45) is 0.494. The molecule has 1 fully saturated rings. The van der Waals surface area contributed by atoms with Gasteiger partial charge >= 0.3 is 0 Å². The van der Waals surface area contributed by atoms with Crippen LogP contribution < -0.4 is 10.6 Å². The number of carbonyl (C=O) groups excluding carboxylic acids is 2. The summed E-state index contributed by atoms with van der Waals surface area (Å²) in [6.45, 7) is 6.05. The average Bonchev–Trinajstić information content (AvgIpc) is 3.28. The molecule has 2 N–H and O–H groups in total. The highest BCUT2D eigenvalue weighted by Gasteiger charge is 2.46. The lowest BCUT2D eigenvalue weighted by Gasteiger charge is -2.23. The van der Waals surface area contributed by atoms with E-state index in [0.717, 1.165) is 6.07 Å². The van der Waals surface area contributed by atoms with Crippen LogP contribution in [-0.4, -0.2) is 24.9 Å². The van der Waals surface area contributed by atoms with Gasteiger partial charge in [-0.25, -0.2) is 8.78 Å². The summed E-state index contributed by atoms with van der Waals surface area (Å²) in [5.41, 5.74) is -0.478. The molecule has 0 bridgehead atoms. The van der Waals surface area contributed by atoms with E-state index in [9.17, 15) is 18.4 Å². The first-order chi connectivity index (χ1) is 10.8. The van der Waals surface area contributed by atoms with Crippen LogP contribution >= 0.6 is 0 Å². The molecule has 1 aromatic rings. The SMILES string of the molecule is CCNC(=O)C(C)(C)CNC(=O)[C@@H]1C[C@H]1c1cccc(F)c1F. The third-order valence-electron chi connectivity index (χ3n) is 4.16. The molecule has 126 valence electrons. The van der Waals surface area contributed by atoms with Crippen LogP contribution in [0, 0.1) is 23.0 Å². The van der Waals surface area contributed by atoms with E-state index in [2.05, 4.69) is 10.6 Å². The Bertz CT molecular complexity index is 617. The van der Waals surface area contributed by atoms with Crippen LogP contribution in [0.1, 0.15) is 38.7 Å². The molecular weight excluding hydrogens is 302 g/mol. The molecule has 0 radical (unpaired) electrons. The summed E-state index contributed by atoms with van der Waals surface area (Å²) in [4.78, 5) is 24.0. The third kappa shape index (κ3) is 3.86. The molecular formula is C17H22F2N2O2. The van der Waals surface area contributed by atoms with Gasteiger partial charge in [0, 0.05) is 19.0 Å². The fraction of sp³-hybridized carbons (Fsp3) is 0.529. The fourth-order valence-electron chi connectivity index (χ4n) is 2.55. The van der Waals surface area contributed by atoms with Crippen LogP contribution in [0.5, 0.6) is 0 Å². The molecule has 1 aromatic carbocycles. The van der Waals surface area contributed by atoms with Crippen molar-refractivity contribution >= 4 is 11.8 Å². The molecule has 1 saturated carbocycles. The van der Waals surface area contributed by atoms with E-state index in [0.29, 0.717) is 13.0 Å². The number of hydrogen-bond acceptors (Lipinski definition) is 2. The maximum absolute atomic E-state index is 13.7. The molecule has 4 nitrogen and oxygen atoms in total. The van der Waals surface area contributed by atoms with Gasteiger partial charge in [0.25, 0.3) is 0 Å². The quantitative estimate of drug-likeness (QED) is 0.844. The Balaban J connectivity index is 1.91. The van der Waals surface area contributed by atoms with Crippen molar-refractivity contribution in [2.75, 3.05) is 13.1 Å². The number of amides is 2. The number of rotatable bonds is 6. The van der Waals surface area contributed by atoms with Crippen LogP contribution in [0.25, 0.3) is 0 Å². The van der Waals surface area contributed by atoms with E-state index < -0.39 is 17.0 Å². The second-order valence-corrected chi connectivity index (χ2v) is 6.55. The van der Waals surface area contributed by atoms with Crippen LogP contribution in [0.15, 0.2) is 18.2 Å². The van der Waals surface area contributed by atoms with E-state index in [4.69, 9.17) is 0 Å². The molecule has 0 saturated heterocycles. The van der Waals surface area contributed by atoms with E-state index in [1.165, 1.54) is 12.1 Å². The maximum atomic E-state index is 13.7. The fourth-order valence-corrected chi connectivity index (χ4v) is 2.55. The van der Waals surface area contributed by atoms with E-state index >= 15 is 0 Å². The molecule has 0 heterocycles. The molecule has 1 aliphatic rings. The largest absolute Gasteiger partial charge is 0.356 e. The Hall–Kier alpha value is -1.98. The summed E-state index contributed by atoms with van der Waals surface area (Å²) >= 11 is 0. The predicted molar refractivity (Wildman–Crippen MR) is 82.7 cm³/mol. The van der Waals surface area contributed by atoms with Crippen molar-refractivity contribution in [3.8, 4) is 0 Å².